The lowest BCUT2D eigenvalue weighted by molar-refractivity contribution is -0.0111. The minimum Gasteiger partial charge on any atom is -0.467 e. The van der Waals surface area contributed by atoms with Crippen LogP contribution >= 0.6 is 0 Å². The summed E-state index contributed by atoms with van der Waals surface area (Å²) in [6.07, 6.45) is 1.43. The highest BCUT2D eigenvalue weighted by atomic mass is 16.5. The molecule has 2 atom stereocenters. The van der Waals surface area contributed by atoms with Gasteiger partial charge >= 0.3 is 0 Å². The van der Waals surface area contributed by atoms with Crippen LogP contribution < -0.4 is 5.73 Å². The van der Waals surface area contributed by atoms with E-state index in [0.29, 0.717) is 6.54 Å². The largest absolute Gasteiger partial charge is 0.467 e. The van der Waals surface area contributed by atoms with Crippen molar-refractivity contribution in [1.29, 1.82) is 0 Å². The van der Waals surface area contributed by atoms with Crippen molar-refractivity contribution < 1.29 is 9.15 Å². The summed E-state index contributed by atoms with van der Waals surface area (Å²) in [4.78, 5) is 0. The van der Waals surface area contributed by atoms with Crippen LogP contribution in [0.3, 0.4) is 0 Å². The van der Waals surface area contributed by atoms with E-state index in [4.69, 9.17) is 14.9 Å². The molecule has 0 spiro atoms. The molecule has 0 fully saturated rings. The minimum atomic E-state index is -0.194. The number of hydrogen-bond donors (Lipinski definition) is 1. The topological polar surface area (TPSA) is 48.4 Å². The number of rotatable bonds is 5. The zero-order chi connectivity index (χ0) is 12.1. The van der Waals surface area contributed by atoms with Crippen LogP contribution in [0.1, 0.15) is 30.5 Å². The fourth-order valence-electron chi connectivity index (χ4n) is 1.76. The number of hydrogen-bond acceptors (Lipinski definition) is 3. The molecule has 1 aromatic carbocycles. The van der Waals surface area contributed by atoms with Crippen molar-refractivity contribution >= 4 is 0 Å². The number of furan rings is 1. The molecule has 0 aliphatic carbocycles. The highest BCUT2D eigenvalue weighted by Crippen LogP contribution is 2.25. The van der Waals surface area contributed by atoms with Gasteiger partial charge in [0.2, 0.25) is 0 Å². The first-order valence-electron chi connectivity index (χ1n) is 5.75. The van der Waals surface area contributed by atoms with E-state index >= 15 is 0 Å². The van der Waals surface area contributed by atoms with E-state index in [-0.39, 0.29) is 12.2 Å². The summed E-state index contributed by atoms with van der Waals surface area (Å²) >= 11 is 0. The Kier molecular flexibility index (Phi) is 3.96. The van der Waals surface area contributed by atoms with Crippen LogP contribution in [0.25, 0.3) is 0 Å². The first kappa shape index (κ1) is 11.9. The molecule has 0 bridgehead atoms. The van der Waals surface area contributed by atoms with Crippen LogP contribution in [0.15, 0.2) is 53.1 Å². The van der Waals surface area contributed by atoms with Gasteiger partial charge in [-0.3, -0.25) is 0 Å². The zero-order valence-corrected chi connectivity index (χ0v) is 9.87. The Morgan fingerprint density at radius 2 is 1.94 bits per heavy atom. The summed E-state index contributed by atoms with van der Waals surface area (Å²) in [6.45, 7) is 2.42. The predicted octanol–water partition coefficient (Wildman–Crippen LogP) is 3.06. The van der Waals surface area contributed by atoms with E-state index in [1.54, 1.807) is 6.26 Å². The van der Waals surface area contributed by atoms with Gasteiger partial charge in [-0.1, -0.05) is 30.3 Å². The molecule has 0 saturated carbocycles. The molecule has 1 aromatic heterocycles. The van der Waals surface area contributed by atoms with Crippen LogP contribution in [0, 0.1) is 0 Å². The van der Waals surface area contributed by atoms with Gasteiger partial charge in [0.25, 0.3) is 0 Å². The van der Waals surface area contributed by atoms with Gasteiger partial charge in [-0.25, -0.2) is 0 Å². The fourth-order valence-corrected chi connectivity index (χ4v) is 1.76. The number of nitrogens with two attached hydrogens (primary N) is 1. The van der Waals surface area contributed by atoms with E-state index in [0.717, 1.165) is 11.3 Å². The summed E-state index contributed by atoms with van der Waals surface area (Å²) in [5.41, 5.74) is 6.84. The van der Waals surface area contributed by atoms with Gasteiger partial charge in [-0.05, 0) is 24.6 Å². The van der Waals surface area contributed by atoms with Crippen molar-refractivity contribution in [2.45, 2.75) is 19.1 Å². The van der Waals surface area contributed by atoms with E-state index < -0.39 is 0 Å². The third-order valence-electron chi connectivity index (χ3n) is 2.71. The van der Waals surface area contributed by atoms with Crippen molar-refractivity contribution in [2.75, 3.05) is 6.54 Å². The Morgan fingerprint density at radius 3 is 2.53 bits per heavy atom. The minimum absolute atomic E-state index is 0.00477. The highest BCUT2D eigenvalue weighted by Gasteiger charge is 2.17. The molecule has 17 heavy (non-hydrogen) atoms. The summed E-state index contributed by atoms with van der Waals surface area (Å²) in [6, 6.07) is 13.8. The molecule has 0 radical (unpaired) electrons. The van der Waals surface area contributed by atoms with E-state index in [2.05, 4.69) is 0 Å². The van der Waals surface area contributed by atoms with Gasteiger partial charge in [-0.2, -0.15) is 0 Å². The maximum absolute atomic E-state index is 5.91. The Labute approximate surface area is 101 Å². The SMILES string of the molecule is CC(OC(CN)c1ccco1)c1ccccc1. The smallest absolute Gasteiger partial charge is 0.133 e. The summed E-state index contributed by atoms with van der Waals surface area (Å²) in [5, 5.41) is 0. The molecule has 0 aliphatic rings. The third-order valence-corrected chi connectivity index (χ3v) is 2.71. The van der Waals surface area contributed by atoms with Gasteiger partial charge in [0, 0.05) is 6.54 Å². The second-order valence-electron chi connectivity index (χ2n) is 3.93. The summed E-state index contributed by atoms with van der Waals surface area (Å²) in [5.74, 6) is 0.773. The van der Waals surface area contributed by atoms with Gasteiger partial charge < -0.3 is 14.9 Å². The Balaban J connectivity index is 2.05. The molecule has 2 N–H and O–H groups in total. The molecule has 1 heterocycles. The number of ether oxygens (including phenoxy) is 1. The first-order chi connectivity index (χ1) is 8.31. The van der Waals surface area contributed by atoms with Crippen LogP contribution in [0.4, 0.5) is 0 Å². The van der Waals surface area contributed by atoms with Crippen LogP contribution in [-0.2, 0) is 4.74 Å². The Hall–Kier alpha value is -1.58. The second-order valence-corrected chi connectivity index (χ2v) is 3.93. The normalized spacial score (nSPS) is 14.5. The van der Waals surface area contributed by atoms with E-state index in [1.165, 1.54) is 0 Å². The van der Waals surface area contributed by atoms with Crippen molar-refractivity contribution in [3.05, 3.63) is 60.1 Å². The van der Waals surface area contributed by atoms with Crippen LogP contribution in [-0.4, -0.2) is 6.54 Å². The highest BCUT2D eigenvalue weighted by molar-refractivity contribution is 5.17. The number of benzene rings is 1. The predicted molar refractivity (Wildman–Crippen MR) is 66.4 cm³/mol. The average Bonchev–Trinajstić information content (AvgIpc) is 2.90. The maximum atomic E-state index is 5.91. The van der Waals surface area contributed by atoms with Crippen molar-refractivity contribution in [3.63, 3.8) is 0 Å². The first-order valence-corrected chi connectivity index (χ1v) is 5.75. The van der Waals surface area contributed by atoms with Crippen LogP contribution in [0.2, 0.25) is 0 Å². The van der Waals surface area contributed by atoms with Gasteiger partial charge in [0.05, 0.1) is 12.4 Å². The summed E-state index contributed by atoms with van der Waals surface area (Å²) in [7, 11) is 0. The van der Waals surface area contributed by atoms with Gasteiger partial charge in [0.1, 0.15) is 11.9 Å². The zero-order valence-electron chi connectivity index (χ0n) is 9.87. The molecular formula is C14H17NO2. The molecule has 3 nitrogen and oxygen atoms in total. The fraction of sp³-hybridized carbons (Fsp3) is 0.286. The van der Waals surface area contributed by atoms with E-state index in [9.17, 15) is 0 Å². The molecule has 2 unspecified atom stereocenters. The Morgan fingerprint density at radius 1 is 1.18 bits per heavy atom. The molecule has 0 amide bonds. The Bertz CT molecular complexity index is 425. The molecule has 2 rings (SSSR count). The molecule has 0 saturated heterocycles. The molecular weight excluding hydrogens is 214 g/mol. The van der Waals surface area contributed by atoms with Crippen molar-refractivity contribution in [1.82, 2.24) is 0 Å². The monoisotopic (exact) mass is 231 g/mol. The average molecular weight is 231 g/mol. The van der Waals surface area contributed by atoms with Gasteiger partial charge in [-0.15, -0.1) is 0 Å². The quantitative estimate of drug-likeness (QED) is 0.860. The summed E-state index contributed by atoms with van der Waals surface area (Å²) < 4.78 is 11.2. The lowest BCUT2D eigenvalue weighted by atomic mass is 10.1. The lowest BCUT2D eigenvalue weighted by Crippen LogP contribution is -2.17. The molecule has 90 valence electrons. The molecule has 2 aromatic rings. The van der Waals surface area contributed by atoms with Crippen molar-refractivity contribution in [2.24, 2.45) is 5.73 Å². The van der Waals surface area contributed by atoms with Gasteiger partial charge in [0.15, 0.2) is 0 Å². The maximum Gasteiger partial charge on any atom is 0.133 e. The lowest BCUT2D eigenvalue weighted by Gasteiger charge is -2.19. The standard InChI is InChI=1S/C14H17NO2/c1-11(12-6-3-2-4-7-12)17-14(10-15)13-8-5-9-16-13/h2-9,11,14H,10,15H2,1H3. The molecule has 3 heteroatoms. The van der Waals surface area contributed by atoms with Crippen molar-refractivity contribution in [3.8, 4) is 0 Å². The van der Waals surface area contributed by atoms with Crippen LogP contribution in [0.5, 0.6) is 0 Å². The third kappa shape index (κ3) is 2.96. The second kappa shape index (κ2) is 5.66. The molecule has 0 aliphatic heterocycles. The van der Waals surface area contributed by atoms with E-state index in [1.807, 2.05) is 49.4 Å².